The summed E-state index contributed by atoms with van der Waals surface area (Å²) in [6.45, 7) is 13.5. The minimum atomic E-state index is 0.372. The Morgan fingerprint density at radius 2 is 1.81 bits per heavy atom. The van der Waals surface area contributed by atoms with Crippen molar-refractivity contribution in [2.24, 2.45) is 11.3 Å². The van der Waals surface area contributed by atoms with Crippen molar-refractivity contribution in [3.8, 4) is 0 Å². The van der Waals surface area contributed by atoms with Gasteiger partial charge in [-0.15, -0.1) is 0 Å². The third-order valence-corrected chi connectivity index (χ3v) is 4.36. The van der Waals surface area contributed by atoms with Crippen LogP contribution in [0.5, 0.6) is 0 Å². The molecule has 0 amide bonds. The Morgan fingerprint density at radius 1 is 1.19 bits per heavy atom. The van der Waals surface area contributed by atoms with Crippen LogP contribution in [0.4, 0.5) is 0 Å². The fourth-order valence-electron chi connectivity index (χ4n) is 2.83. The fourth-order valence-corrected chi connectivity index (χ4v) is 2.83. The molecule has 0 bridgehead atoms. The molecule has 21 heavy (non-hydrogen) atoms. The van der Waals surface area contributed by atoms with Gasteiger partial charge in [-0.2, -0.15) is 0 Å². The van der Waals surface area contributed by atoms with Crippen molar-refractivity contribution in [1.29, 1.82) is 0 Å². The van der Waals surface area contributed by atoms with Crippen LogP contribution >= 0.6 is 0 Å². The van der Waals surface area contributed by atoms with Crippen molar-refractivity contribution < 1.29 is 0 Å². The SMILES string of the molecule is CCC(CC)(CNCC(C)C)CN(C)Cc1ccncc1. The summed E-state index contributed by atoms with van der Waals surface area (Å²) in [6, 6.07) is 4.21. The van der Waals surface area contributed by atoms with Gasteiger partial charge in [0.2, 0.25) is 0 Å². The van der Waals surface area contributed by atoms with Crippen molar-refractivity contribution in [1.82, 2.24) is 15.2 Å². The number of rotatable bonds is 10. The number of hydrogen-bond acceptors (Lipinski definition) is 3. The minimum Gasteiger partial charge on any atom is -0.316 e. The Kier molecular flexibility index (Phi) is 7.91. The van der Waals surface area contributed by atoms with Gasteiger partial charge < -0.3 is 10.2 Å². The molecule has 0 aromatic carbocycles. The summed E-state index contributed by atoms with van der Waals surface area (Å²) in [4.78, 5) is 6.53. The van der Waals surface area contributed by atoms with Gasteiger partial charge in [-0.3, -0.25) is 4.98 Å². The summed E-state index contributed by atoms with van der Waals surface area (Å²) in [5.74, 6) is 0.714. The molecule has 0 atom stereocenters. The quantitative estimate of drug-likeness (QED) is 0.714. The van der Waals surface area contributed by atoms with E-state index >= 15 is 0 Å². The Bertz CT molecular complexity index is 371. The molecule has 0 saturated heterocycles. The second kappa shape index (κ2) is 9.16. The van der Waals surface area contributed by atoms with Crippen LogP contribution in [0.1, 0.15) is 46.1 Å². The van der Waals surface area contributed by atoms with Crippen LogP contribution < -0.4 is 5.32 Å². The van der Waals surface area contributed by atoms with E-state index in [4.69, 9.17) is 0 Å². The first-order chi connectivity index (χ1) is 10.0. The van der Waals surface area contributed by atoms with Crippen molar-refractivity contribution in [3.63, 3.8) is 0 Å². The Morgan fingerprint density at radius 3 is 2.33 bits per heavy atom. The summed E-state index contributed by atoms with van der Waals surface area (Å²) in [7, 11) is 2.23. The van der Waals surface area contributed by atoms with Gasteiger partial charge in [0, 0.05) is 32.0 Å². The van der Waals surface area contributed by atoms with Gasteiger partial charge >= 0.3 is 0 Å². The monoisotopic (exact) mass is 291 g/mol. The third kappa shape index (κ3) is 6.58. The summed E-state index contributed by atoms with van der Waals surface area (Å²) in [5, 5.41) is 3.66. The summed E-state index contributed by atoms with van der Waals surface area (Å²) in [6.07, 6.45) is 6.19. The normalized spacial score (nSPS) is 12.3. The van der Waals surface area contributed by atoms with Crippen molar-refractivity contribution >= 4 is 0 Å². The van der Waals surface area contributed by atoms with Crippen LogP contribution in [0, 0.1) is 11.3 Å². The molecule has 120 valence electrons. The first-order valence-electron chi connectivity index (χ1n) is 8.29. The van der Waals surface area contributed by atoms with Gasteiger partial charge in [-0.05, 0) is 55.5 Å². The molecule has 1 heterocycles. The second-order valence-corrected chi connectivity index (χ2v) is 6.76. The van der Waals surface area contributed by atoms with Gasteiger partial charge in [0.25, 0.3) is 0 Å². The summed E-state index contributed by atoms with van der Waals surface area (Å²) >= 11 is 0. The summed E-state index contributed by atoms with van der Waals surface area (Å²) < 4.78 is 0. The van der Waals surface area contributed by atoms with Crippen LogP contribution in [-0.4, -0.2) is 36.6 Å². The van der Waals surface area contributed by atoms with Crippen LogP contribution in [0.3, 0.4) is 0 Å². The highest BCUT2D eigenvalue weighted by Gasteiger charge is 2.27. The van der Waals surface area contributed by atoms with Crippen molar-refractivity contribution in [3.05, 3.63) is 30.1 Å². The van der Waals surface area contributed by atoms with E-state index in [1.165, 1.54) is 18.4 Å². The molecule has 0 aliphatic heterocycles. The second-order valence-electron chi connectivity index (χ2n) is 6.76. The van der Waals surface area contributed by atoms with Crippen LogP contribution in [0.2, 0.25) is 0 Å². The number of nitrogens with one attached hydrogen (secondary N) is 1. The standard InChI is InChI=1S/C18H33N3/c1-6-18(7-2,14-20-12-16(3)4)15-21(5)13-17-8-10-19-11-9-17/h8-11,16,20H,6-7,12-15H2,1-5H3. The van der Waals surface area contributed by atoms with E-state index < -0.39 is 0 Å². The van der Waals surface area contributed by atoms with E-state index in [0.29, 0.717) is 11.3 Å². The lowest BCUT2D eigenvalue weighted by Crippen LogP contribution is -2.43. The van der Waals surface area contributed by atoms with Gasteiger partial charge in [0.1, 0.15) is 0 Å². The zero-order valence-electron chi connectivity index (χ0n) is 14.5. The van der Waals surface area contributed by atoms with Gasteiger partial charge in [-0.25, -0.2) is 0 Å². The highest BCUT2D eigenvalue weighted by molar-refractivity contribution is 5.09. The molecule has 0 unspecified atom stereocenters. The predicted octanol–water partition coefficient (Wildman–Crippen LogP) is 3.57. The van der Waals surface area contributed by atoms with E-state index in [0.717, 1.165) is 26.2 Å². The molecule has 1 aromatic rings. The summed E-state index contributed by atoms with van der Waals surface area (Å²) in [5.41, 5.74) is 1.71. The lowest BCUT2D eigenvalue weighted by molar-refractivity contribution is 0.149. The van der Waals surface area contributed by atoms with Crippen LogP contribution in [-0.2, 0) is 6.54 Å². The largest absolute Gasteiger partial charge is 0.316 e. The molecule has 1 aromatic heterocycles. The smallest absolute Gasteiger partial charge is 0.0271 e. The van der Waals surface area contributed by atoms with Crippen molar-refractivity contribution in [2.75, 3.05) is 26.7 Å². The molecular formula is C18H33N3. The number of nitrogens with zero attached hydrogens (tertiary/aromatic N) is 2. The van der Waals surface area contributed by atoms with Crippen LogP contribution in [0.15, 0.2) is 24.5 Å². The first kappa shape index (κ1) is 18.1. The fraction of sp³-hybridized carbons (Fsp3) is 0.722. The minimum absolute atomic E-state index is 0.372. The highest BCUT2D eigenvalue weighted by Crippen LogP contribution is 2.27. The van der Waals surface area contributed by atoms with E-state index in [9.17, 15) is 0 Å². The van der Waals surface area contributed by atoms with Crippen LogP contribution in [0.25, 0.3) is 0 Å². The van der Waals surface area contributed by atoms with Crippen molar-refractivity contribution in [2.45, 2.75) is 47.1 Å². The third-order valence-electron chi connectivity index (χ3n) is 4.36. The first-order valence-corrected chi connectivity index (χ1v) is 8.29. The topological polar surface area (TPSA) is 28.2 Å². The van der Waals surface area contributed by atoms with E-state index in [1.807, 2.05) is 12.4 Å². The Balaban J connectivity index is 2.55. The molecule has 0 fully saturated rings. The lowest BCUT2D eigenvalue weighted by atomic mass is 9.81. The number of aromatic nitrogens is 1. The average molecular weight is 291 g/mol. The molecular weight excluding hydrogens is 258 g/mol. The maximum Gasteiger partial charge on any atom is 0.0271 e. The molecule has 0 spiro atoms. The molecule has 0 radical (unpaired) electrons. The maximum absolute atomic E-state index is 4.09. The van der Waals surface area contributed by atoms with Gasteiger partial charge in [0.15, 0.2) is 0 Å². The van der Waals surface area contributed by atoms with Gasteiger partial charge in [-0.1, -0.05) is 27.7 Å². The molecule has 0 aliphatic carbocycles. The molecule has 0 saturated carbocycles. The predicted molar refractivity (Wildman–Crippen MR) is 91.3 cm³/mol. The molecule has 3 heteroatoms. The zero-order chi connectivity index (χ0) is 15.7. The number of pyridine rings is 1. The molecule has 0 aliphatic rings. The zero-order valence-corrected chi connectivity index (χ0v) is 14.5. The molecule has 3 nitrogen and oxygen atoms in total. The Labute approximate surface area is 131 Å². The average Bonchev–Trinajstić information content (AvgIpc) is 2.46. The van der Waals surface area contributed by atoms with E-state index in [-0.39, 0.29) is 0 Å². The Hall–Kier alpha value is -0.930. The molecule has 1 N–H and O–H groups in total. The molecule has 1 rings (SSSR count). The van der Waals surface area contributed by atoms with Gasteiger partial charge in [0.05, 0.1) is 0 Å². The maximum atomic E-state index is 4.09. The van der Waals surface area contributed by atoms with E-state index in [2.05, 4.69) is 62.1 Å². The van der Waals surface area contributed by atoms with E-state index in [1.54, 1.807) is 0 Å². The number of hydrogen-bond donors (Lipinski definition) is 1. The highest BCUT2D eigenvalue weighted by atomic mass is 15.1. The lowest BCUT2D eigenvalue weighted by Gasteiger charge is -2.36.